The van der Waals surface area contributed by atoms with Gasteiger partial charge in [-0.1, -0.05) is 12.1 Å². The van der Waals surface area contributed by atoms with Crippen LogP contribution >= 0.6 is 11.3 Å². The molecule has 0 spiro atoms. The molecule has 1 aromatic carbocycles. The average molecular weight is 489 g/mol. The summed E-state index contributed by atoms with van der Waals surface area (Å²) in [5.41, 5.74) is 2.36. The van der Waals surface area contributed by atoms with Gasteiger partial charge in [0.2, 0.25) is 15.9 Å². The zero-order chi connectivity index (χ0) is 23.0. The molecule has 2 aliphatic rings. The van der Waals surface area contributed by atoms with Gasteiger partial charge in [0.25, 0.3) is 5.89 Å². The van der Waals surface area contributed by atoms with Crippen LogP contribution in [0.2, 0.25) is 0 Å². The first-order valence-electron chi connectivity index (χ1n) is 10.9. The summed E-state index contributed by atoms with van der Waals surface area (Å²) in [6.45, 7) is 0.685. The van der Waals surface area contributed by atoms with Crippen molar-refractivity contribution in [1.29, 1.82) is 0 Å². The number of carbonyl (C=O) groups excluding carboxylic acids is 1. The van der Waals surface area contributed by atoms with Crippen LogP contribution in [0.3, 0.4) is 0 Å². The molecule has 11 heteroatoms. The highest BCUT2D eigenvalue weighted by molar-refractivity contribution is 7.89. The SMILES string of the molecule is O=C(Cn1nc(-c2cccs2)oc1=O)N1CCN(S(=O)(=O)c2ccc3c(c2)CCCC3)CC1. The lowest BCUT2D eigenvalue weighted by Gasteiger charge is -2.34. The predicted octanol–water partition coefficient (Wildman–Crippen LogP) is 1.98. The molecule has 5 rings (SSSR count). The number of fused-ring (bicyclic) bond motifs is 1. The van der Waals surface area contributed by atoms with E-state index in [1.165, 1.54) is 21.2 Å². The topological polar surface area (TPSA) is 106 Å². The van der Waals surface area contributed by atoms with Crippen molar-refractivity contribution in [2.75, 3.05) is 26.2 Å². The Hall–Kier alpha value is -2.76. The van der Waals surface area contributed by atoms with Gasteiger partial charge < -0.3 is 9.32 Å². The number of carbonyl (C=O) groups is 1. The van der Waals surface area contributed by atoms with Gasteiger partial charge in [-0.15, -0.1) is 16.4 Å². The molecule has 3 aromatic rings. The number of amides is 1. The maximum atomic E-state index is 13.2. The third-order valence-electron chi connectivity index (χ3n) is 6.17. The van der Waals surface area contributed by atoms with Gasteiger partial charge in [0, 0.05) is 26.2 Å². The number of aromatic nitrogens is 2. The van der Waals surface area contributed by atoms with Crippen LogP contribution in [0.15, 0.2) is 49.8 Å². The molecule has 0 saturated carbocycles. The number of hydrogen-bond acceptors (Lipinski definition) is 7. The standard InChI is InChI=1S/C22H24N4O5S2/c27-20(15-26-22(28)31-21(23-26)19-6-3-13-32-19)24-9-11-25(12-10-24)33(29,30)18-8-7-16-4-1-2-5-17(16)14-18/h3,6-8,13-14H,1-2,4-5,9-12,15H2. The lowest BCUT2D eigenvalue weighted by atomic mass is 9.92. The number of rotatable bonds is 5. The summed E-state index contributed by atoms with van der Waals surface area (Å²) < 4.78 is 33.9. The van der Waals surface area contributed by atoms with Crippen LogP contribution in [-0.2, 0) is 34.2 Å². The first-order chi connectivity index (χ1) is 15.9. The second-order valence-corrected chi connectivity index (χ2v) is 11.1. The molecule has 174 valence electrons. The molecule has 9 nitrogen and oxygen atoms in total. The number of sulfonamides is 1. The van der Waals surface area contributed by atoms with E-state index in [4.69, 9.17) is 4.42 Å². The lowest BCUT2D eigenvalue weighted by Crippen LogP contribution is -2.51. The van der Waals surface area contributed by atoms with Crippen LogP contribution < -0.4 is 5.76 Å². The molecule has 1 aliphatic carbocycles. The van der Waals surface area contributed by atoms with Crippen LogP contribution in [0.4, 0.5) is 0 Å². The molecule has 0 radical (unpaired) electrons. The first-order valence-corrected chi connectivity index (χ1v) is 13.3. The van der Waals surface area contributed by atoms with Gasteiger partial charge in [0.05, 0.1) is 9.77 Å². The largest absolute Gasteiger partial charge is 0.437 e. The number of thiophene rings is 1. The maximum Gasteiger partial charge on any atom is 0.437 e. The normalized spacial score (nSPS) is 17.2. The highest BCUT2D eigenvalue weighted by Crippen LogP contribution is 2.26. The number of piperazine rings is 1. The van der Waals surface area contributed by atoms with Gasteiger partial charge in [0.1, 0.15) is 6.54 Å². The second kappa shape index (κ2) is 8.88. The van der Waals surface area contributed by atoms with E-state index < -0.39 is 15.8 Å². The van der Waals surface area contributed by atoms with Crippen LogP contribution in [0.5, 0.6) is 0 Å². The van der Waals surface area contributed by atoms with Crippen molar-refractivity contribution in [3.05, 3.63) is 57.4 Å². The summed E-state index contributed by atoms with van der Waals surface area (Å²) in [7, 11) is -3.62. The Morgan fingerprint density at radius 3 is 2.55 bits per heavy atom. The Labute approximate surface area is 195 Å². The summed E-state index contributed by atoms with van der Waals surface area (Å²) in [4.78, 5) is 27.4. The van der Waals surface area contributed by atoms with Crippen LogP contribution in [0.25, 0.3) is 10.8 Å². The van der Waals surface area contributed by atoms with E-state index in [1.54, 1.807) is 17.0 Å². The van der Waals surface area contributed by atoms with Gasteiger partial charge in [-0.25, -0.2) is 13.2 Å². The van der Waals surface area contributed by atoms with Crippen LogP contribution in [0, 0.1) is 0 Å². The van der Waals surface area contributed by atoms with Crippen molar-refractivity contribution in [3.63, 3.8) is 0 Å². The summed E-state index contributed by atoms with van der Waals surface area (Å²) in [6.07, 6.45) is 4.14. The molecular weight excluding hydrogens is 464 g/mol. The minimum Gasteiger partial charge on any atom is -0.387 e. The monoisotopic (exact) mass is 488 g/mol. The van der Waals surface area contributed by atoms with E-state index in [1.807, 2.05) is 23.6 Å². The second-order valence-electron chi connectivity index (χ2n) is 8.23. The molecule has 1 saturated heterocycles. The van der Waals surface area contributed by atoms with Crippen LogP contribution in [-0.4, -0.2) is 59.5 Å². The Bertz CT molecular complexity index is 1320. The minimum atomic E-state index is -3.62. The minimum absolute atomic E-state index is 0.184. The first kappa shape index (κ1) is 22.1. The number of aryl methyl sites for hydroxylation is 2. The number of benzene rings is 1. The third-order valence-corrected chi connectivity index (χ3v) is 8.92. The average Bonchev–Trinajstić information content (AvgIpc) is 3.49. The zero-order valence-electron chi connectivity index (χ0n) is 18.0. The summed E-state index contributed by atoms with van der Waals surface area (Å²) in [5, 5.41) is 5.95. The fraction of sp³-hybridized carbons (Fsp3) is 0.409. The predicted molar refractivity (Wildman–Crippen MR) is 122 cm³/mol. The number of hydrogen-bond donors (Lipinski definition) is 0. The van der Waals surface area contributed by atoms with E-state index in [9.17, 15) is 18.0 Å². The van der Waals surface area contributed by atoms with E-state index in [-0.39, 0.29) is 44.5 Å². The van der Waals surface area contributed by atoms with Gasteiger partial charge in [-0.2, -0.15) is 8.99 Å². The zero-order valence-corrected chi connectivity index (χ0v) is 19.6. The lowest BCUT2D eigenvalue weighted by molar-refractivity contribution is -0.133. The highest BCUT2D eigenvalue weighted by Gasteiger charge is 2.31. The Kier molecular flexibility index (Phi) is 5.94. The number of nitrogens with zero attached hydrogens (tertiary/aromatic N) is 4. The van der Waals surface area contributed by atoms with E-state index in [0.717, 1.165) is 35.9 Å². The fourth-order valence-corrected chi connectivity index (χ4v) is 6.45. The maximum absolute atomic E-state index is 13.2. The summed E-state index contributed by atoms with van der Waals surface area (Å²) in [5.74, 6) is -0.807. The van der Waals surface area contributed by atoms with Gasteiger partial charge in [-0.3, -0.25) is 4.79 Å². The van der Waals surface area contributed by atoms with Crippen molar-refractivity contribution < 1.29 is 17.6 Å². The smallest absolute Gasteiger partial charge is 0.387 e. The molecule has 2 aromatic heterocycles. The highest BCUT2D eigenvalue weighted by atomic mass is 32.2. The van der Waals surface area contributed by atoms with E-state index >= 15 is 0 Å². The van der Waals surface area contributed by atoms with E-state index in [0.29, 0.717) is 9.77 Å². The molecule has 0 bridgehead atoms. The molecule has 0 atom stereocenters. The molecular formula is C22H24N4O5S2. The molecule has 33 heavy (non-hydrogen) atoms. The fourth-order valence-electron chi connectivity index (χ4n) is 4.33. The van der Waals surface area contributed by atoms with Gasteiger partial charge in [-0.05, 0) is 60.4 Å². The van der Waals surface area contributed by atoms with Crippen molar-refractivity contribution in [2.24, 2.45) is 0 Å². The molecule has 0 N–H and O–H groups in total. The van der Waals surface area contributed by atoms with Gasteiger partial charge in [0.15, 0.2) is 0 Å². The molecule has 1 aliphatic heterocycles. The van der Waals surface area contributed by atoms with E-state index in [2.05, 4.69) is 5.10 Å². The summed E-state index contributed by atoms with van der Waals surface area (Å²) >= 11 is 1.39. The van der Waals surface area contributed by atoms with Crippen molar-refractivity contribution in [1.82, 2.24) is 19.0 Å². The molecule has 1 amide bonds. The van der Waals surface area contributed by atoms with Crippen LogP contribution in [0.1, 0.15) is 24.0 Å². The van der Waals surface area contributed by atoms with Crippen molar-refractivity contribution in [2.45, 2.75) is 37.1 Å². The Morgan fingerprint density at radius 2 is 1.82 bits per heavy atom. The Morgan fingerprint density at radius 1 is 1.06 bits per heavy atom. The molecule has 0 unspecified atom stereocenters. The quantitative estimate of drug-likeness (QED) is 0.544. The Balaban J connectivity index is 1.23. The third kappa shape index (κ3) is 4.40. The van der Waals surface area contributed by atoms with Gasteiger partial charge >= 0.3 is 5.76 Å². The molecule has 1 fully saturated rings. The summed E-state index contributed by atoms with van der Waals surface area (Å²) in [6, 6.07) is 9.04. The van der Waals surface area contributed by atoms with Crippen molar-refractivity contribution in [3.8, 4) is 10.8 Å². The molecule has 3 heterocycles. The van der Waals surface area contributed by atoms with Crippen molar-refractivity contribution >= 4 is 27.3 Å².